The van der Waals surface area contributed by atoms with Crippen LogP contribution in [0.2, 0.25) is 0 Å². The number of carbonyl (C=O) groups excluding carboxylic acids is 4. The van der Waals surface area contributed by atoms with Crippen molar-refractivity contribution >= 4 is 23.3 Å². The molecule has 3 aromatic rings. The molecule has 0 saturated carbocycles. The van der Waals surface area contributed by atoms with Crippen LogP contribution in [0.1, 0.15) is 73.3 Å². The fourth-order valence-electron chi connectivity index (χ4n) is 3.93. The Hall–Kier alpha value is -2.80. The number of carbonyl (C=O) groups is 4. The molecule has 0 spiro atoms. The Morgan fingerprint density at radius 1 is 0.571 bits per heavy atom. The van der Waals surface area contributed by atoms with E-state index >= 15 is 0 Å². The number of hydrogen-bond donors (Lipinski definition) is 0. The number of aryl methyl sites for hydroxylation is 2. The molecule has 1 amide bonds. The van der Waals surface area contributed by atoms with Gasteiger partial charge in [0.2, 0.25) is 0 Å². The van der Waals surface area contributed by atoms with Gasteiger partial charge in [-0.3, -0.25) is 14.4 Å². The number of Topliss-reactive ketones (excluding diaryl/α,β-unsaturated/α-hetero) is 3. The summed E-state index contributed by atoms with van der Waals surface area (Å²) in [5, 5.41) is 0. The zero-order valence-electron chi connectivity index (χ0n) is 20.8. The van der Waals surface area contributed by atoms with E-state index in [4.69, 9.17) is 11.5 Å². The average molecular weight is 545 g/mol. The van der Waals surface area contributed by atoms with Gasteiger partial charge in [-0.05, 0) is 92.3 Å². The van der Waals surface area contributed by atoms with Crippen LogP contribution in [0.25, 0.3) is 33.7 Å². The van der Waals surface area contributed by atoms with Crippen LogP contribution in [0.15, 0.2) is 48.5 Å². The van der Waals surface area contributed by atoms with Gasteiger partial charge >= 0.3 is 0 Å². The second-order valence-corrected chi connectivity index (χ2v) is 8.00. The minimum Gasteiger partial charge on any atom is -0.680 e. The number of nitrogens with one attached hydrogen (secondary N) is 2. The van der Waals surface area contributed by atoms with E-state index in [1.165, 1.54) is 27.8 Å². The van der Waals surface area contributed by atoms with E-state index < -0.39 is 5.91 Å². The Labute approximate surface area is 231 Å². The first kappa shape index (κ1) is 30.2. The number of hydrogen-bond acceptors (Lipinski definition) is 4. The van der Waals surface area contributed by atoms with Gasteiger partial charge in [0.15, 0.2) is 17.3 Å². The number of amides is 1. The third kappa shape index (κ3) is 6.66. The summed E-state index contributed by atoms with van der Waals surface area (Å²) in [6.07, 6.45) is 0. The third-order valence-electron chi connectivity index (χ3n) is 5.62. The number of ketones is 3. The summed E-state index contributed by atoms with van der Waals surface area (Å²) >= 11 is 0. The molecule has 0 heterocycles. The summed E-state index contributed by atoms with van der Waals surface area (Å²) in [5.41, 5.74) is 19.5. The average Bonchev–Trinajstić information content (AvgIpc) is 2.79. The van der Waals surface area contributed by atoms with E-state index in [-0.39, 0.29) is 61.2 Å². The van der Waals surface area contributed by atoms with E-state index in [1.807, 2.05) is 38.1 Å². The molecule has 0 aromatic heterocycles. The Balaban J connectivity index is 0.00000199. The van der Waals surface area contributed by atoms with E-state index in [0.29, 0.717) is 11.1 Å². The molecule has 0 aliphatic rings. The minimum absolute atomic E-state index is 0. The molecule has 0 aliphatic heterocycles. The molecule has 0 aliphatic carbocycles. The SMILES string of the molecule is CC(=O)c1cc(C)c(-c2ccc(-c3cc(C([NH-])=O)c(C(C)=O)cc3C)cc2)cc1C(C)=O.C[NH-].[Y]. The maximum atomic E-state index is 12.1. The van der Waals surface area contributed by atoms with Gasteiger partial charge in [0, 0.05) is 55.0 Å². The summed E-state index contributed by atoms with van der Waals surface area (Å²) in [6, 6.07) is 14.4. The van der Waals surface area contributed by atoms with Crippen LogP contribution in [-0.4, -0.2) is 30.3 Å². The summed E-state index contributed by atoms with van der Waals surface area (Å²) in [5.74, 6) is -1.46. The molecule has 35 heavy (non-hydrogen) atoms. The molecule has 179 valence electrons. The molecule has 3 rings (SSSR count). The topological polar surface area (TPSA) is 116 Å². The van der Waals surface area contributed by atoms with E-state index in [0.717, 1.165) is 33.4 Å². The van der Waals surface area contributed by atoms with Crippen molar-refractivity contribution in [1.29, 1.82) is 0 Å². The summed E-state index contributed by atoms with van der Waals surface area (Å²) < 4.78 is 0. The maximum Gasteiger partial charge on any atom is 0.160 e. The van der Waals surface area contributed by atoms with Crippen molar-refractivity contribution in [3.05, 3.63) is 93.4 Å². The summed E-state index contributed by atoms with van der Waals surface area (Å²) in [6.45, 7) is 8.03. The Bertz CT molecular complexity index is 1190. The van der Waals surface area contributed by atoms with Crippen LogP contribution >= 0.6 is 0 Å². The normalized spacial score (nSPS) is 9.91. The fourth-order valence-corrected chi connectivity index (χ4v) is 3.93. The van der Waals surface area contributed by atoms with Crippen LogP contribution in [-0.2, 0) is 32.7 Å². The molecular formula is C28H28N2O4Y-2. The zero-order valence-corrected chi connectivity index (χ0v) is 23.7. The standard InChI is InChI=1S/C27H25NO4.CH4N.Y/c1-14-10-23(16(3)29)25(18(5)31)12-21(14)19-6-8-20(9-7-19)22-13-26(27(28)32)24(17(4)30)11-15(22)2;1-2;/h6-13H,1-5H3,(H2,28,32);2H,1H3;/q;-1;/p-1. The van der Waals surface area contributed by atoms with Crippen molar-refractivity contribution in [3.8, 4) is 22.3 Å². The monoisotopic (exact) mass is 545 g/mol. The largest absolute Gasteiger partial charge is 0.680 e. The van der Waals surface area contributed by atoms with Gasteiger partial charge in [-0.2, -0.15) is 7.05 Å². The summed E-state index contributed by atoms with van der Waals surface area (Å²) in [4.78, 5) is 47.7. The van der Waals surface area contributed by atoms with Gasteiger partial charge in [0.25, 0.3) is 0 Å². The molecule has 6 nitrogen and oxygen atoms in total. The van der Waals surface area contributed by atoms with Gasteiger partial charge in [0.05, 0.1) is 5.91 Å². The molecule has 3 aromatic carbocycles. The van der Waals surface area contributed by atoms with Crippen molar-refractivity contribution in [1.82, 2.24) is 0 Å². The van der Waals surface area contributed by atoms with E-state index in [9.17, 15) is 19.2 Å². The fraction of sp³-hybridized carbons (Fsp3) is 0.214. The first-order valence-electron chi connectivity index (χ1n) is 10.7. The third-order valence-corrected chi connectivity index (χ3v) is 5.62. The summed E-state index contributed by atoms with van der Waals surface area (Å²) in [7, 11) is 1.25. The molecule has 0 bridgehead atoms. The van der Waals surface area contributed by atoms with Crippen LogP contribution in [0.3, 0.4) is 0 Å². The maximum absolute atomic E-state index is 12.1. The van der Waals surface area contributed by atoms with E-state index in [2.05, 4.69) is 0 Å². The van der Waals surface area contributed by atoms with Gasteiger partial charge in [-0.15, -0.1) is 0 Å². The molecular weight excluding hydrogens is 517 g/mol. The number of benzene rings is 3. The van der Waals surface area contributed by atoms with Crippen LogP contribution in [0.4, 0.5) is 0 Å². The minimum atomic E-state index is -0.897. The van der Waals surface area contributed by atoms with Gasteiger partial charge in [-0.25, -0.2) is 0 Å². The predicted octanol–water partition coefficient (Wildman–Crippen LogP) is 7.10. The predicted molar refractivity (Wildman–Crippen MR) is 136 cm³/mol. The number of rotatable bonds is 6. The Morgan fingerprint density at radius 3 is 1.17 bits per heavy atom. The van der Waals surface area contributed by atoms with Crippen molar-refractivity contribution in [2.24, 2.45) is 0 Å². The molecule has 0 unspecified atom stereocenters. The van der Waals surface area contributed by atoms with Crippen molar-refractivity contribution in [2.45, 2.75) is 34.6 Å². The zero-order chi connectivity index (χ0) is 25.7. The van der Waals surface area contributed by atoms with Gasteiger partial charge < -0.3 is 16.3 Å². The first-order valence-corrected chi connectivity index (χ1v) is 10.7. The van der Waals surface area contributed by atoms with Crippen LogP contribution in [0.5, 0.6) is 0 Å². The molecule has 0 saturated heterocycles. The van der Waals surface area contributed by atoms with Gasteiger partial charge in [-0.1, -0.05) is 24.3 Å². The molecule has 1 radical (unpaired) electrons. The Kier molecular flexibility index (Phi) is 11.0. The molecule has 2 N–H and O–H groups in total. The smallest absolute Gasteiger partial charge is 0.160 e. The molecule has 0 atom stereocenters. The second kappa shape index (κ2) is 12.8. The van der Waals surface area contributed by atoms with Gasteiger partial charge in [0.1, 0.15) is 0 Å². The second-order valence-electron chi connectivity index (χ2n) is 8.00. The van der Waals surface area contributed by atoms with E-state index in [1.54, 1.807) is 24.3 Å². The molecule has 7 heteroatoms. The van der Waals surface area contributed by atoms with Crippen molar-refractivity contribution in [2.75, 3.05) is 7.05 Å². The first-order chi connectivity index (χ1) is 16.0. The van der Waals surface area contributed by atoms with Crippen LogP contribution < -0.4 is 0 Å². The quantitative estimate of drug-likeness (QED) is 0.307. The van der Waals surface area contributed by atoms with Crippen LogP contribution in [0, 0.1) is 13.8 Å². The Morgan fingerprint density at radius 2 is 0.857 bits per heavy atom. The van der Waals surface area contributed by atoms with Crippen molar-refractivity contribution in [3.63, 3.8) is 0 Å². The molecule has 0 fully saturated rings. The van der Waals surface area contributed by atoms with Crippen molar-refractivity contribution < 1.29 is 51.9 Å².